The Hall–Kier alpha value is -4.59. The van der Waals surface area contributed by atoms with Crippen LogP contribution in [0.15, 0.2) is 91.0 Å². The second-order valence-electron chi connectivity index (χ2n) is 15.0. The van der Waals surface area contributed by atoms with Gasteiger partial charge in [-0.1, -0.05) is 66.7 Å². The molecule has 14 heteroatoms. The molecule has 0 aromatic heterocycles. The van der Waals surface area contributed by atoms with Gasteiger partial charge in [-0.05, 0) is 101 Å². The number of halogens is 6. The van der Waals surface area contributed by atoms with Gasteiger partial charge in [0.05, 0.1) is 0 Å². The molecule has 2 atom stereocenters. The van der Waals surface area contributed by atoms with E-state index in [2.05, 4.69) is 17.0 Å². The molecule has 3 amide bonds. The Kier molecular flexibility index (Phi) is 15.2. The van der Waals surface area contributed by atoms with Crippen LogP contribution < -0.4 is 9.80 Å². The third-order valence-corrected chi connectivity index (χ3v) is 9.33. The highest BCUT2D eigenvalue weighted by atomic mass is 19.4. The highest BCUT2D eigenvalue weighted by Gasteiger charge is 2.45. The van der Waals surface area contributed by atoms with Gasteiger partial charge >= 0.3 is 30.3 Å². The van der Waals surface area contributed by atoms with Gasteiger partial charge < -0.3 is 24.3 Å². The molecule has 3 aromatic carbocycles. The van der Waals surface area contributed by atoms with Crippen LogP contribution in [-0.4, -0.2) is 91.5 Å². The third kappa shape index (κ3) is 13.9. The number of likely N-dealkylation sites (tertiary alicyclic amines) is 2. The van der Waals surface area contributed by atoms with Crippen LogP contribution in [0.5, 0.6) is 0 Å². The zero-order valence-corrected chi connectivity index (χ0v) is 31.5. The highest BCUT2D eigenvalue weighted by Crippen LogP contribution is 2.29. The van der Waals surface area contributed by atoms with Gasteiger partial charge in [0.1, 0.15) is 5.60 Å². The maximum atomic E-state index is 13.1. The Labute approximate surface area is 319 Å². The standard InChI is InChI=1S/C22H25F3N2O.C19H25F3N2O3/c23-22(24,25)21(28)27(20-11-5-2-6-12-20)17-19-10-7-14-26(16-19)15-13-18-8-3-1-4-9-18;1-18(2,3)27-17(26)23-11-7-8-14(12-23)13-24(16(25)19(20,21)22)15-9-5-4-6-10-15/h1-6,8-9,11-12,19H,7,10,13-17H2;4-6,9-10,14H,7-8,11-13H2,1-3H3/t19-;14-/m11/s1. The molecule has 2 saturated heterocycles. The van der Waals surface area contributed by atoms with Crippen molar-refractivity contribution in [3.8, 4) is 0 Å². The summed E-state index contributed by atoms with van der Waals surface area (Å²) in [5.41, 5.74) is 1.09. The highest BCUT2D eigenvalue weighted by molar-refractivity contribution is 5.98. The SMILES string of the molecule is CC(C)(C)OC(=O)N1CCC[C@@H](CN(C(=O)C(F)(F)F)c2ccccc2)C1.O=C(N(C[C@@H]1CCCN(CCc2ccccc2)C1)c1ccccc1)C(F)(F)F. The van der Waals surface area contributed by atoms with E-state index in [4.69, 9.17) is 4.74 Å². The fourth-order valence-corrected chi connectivity index (χ4v) is 6.79. The number of carbonyl (C=O) groups is 3. The summed E-state index contributed by atoms with van der Waals surface area (Å²) in [7, 11) is 0. The van der Waals surface area contributed by atoms with Crippen molar-refractivity contribution >= 4 is 29.3 Å². The lowest BCUT2D eigenvalue weighted by atomic mass is 9.96. The summed E-state index contributed by atoms with van der Waals surface area (Å²) in [4.78, 5) is 41.6. The molecule has 2 aliphatic heterocycles. The lowest BCUT2D eigenvalue weighted by Gasteiger charge is -2.36. The summed E-state index contributed by atoms with van der Waals surface area (Å²) >= 11 is 0. The zero-order chi connectivity index (χ0) is 40.2. The molecule has 0 aliphatic carbocycles. The first-order chi connectivity index (χ1) is 25.9. The van der Waals surface area contributed by atoms with E-state index in [-0.39, 0.29) is 37.2 Å². The molecule has 0 spiro atoms. The first-order valence-electron chi connectivity index (χ1n) is 18.5. The predicted octanol–water partition coefficient (Wildman–Crippen LogP) is 8.77. The number of para-hydroxylation sites is 2. The lowest BCUT2D eigenvalue weighted by molar-refractivity contribution is -0.170. The summed E-state index contributed by atoms with van der Waals surface area (Å²) in [5, 5.41) is 0. The van der Waals surface area contributed by atoms with Gasteiger partial charge in [0.2, 0.25) is 0 Å². The molecule has 300 valence electrons. The van der Waals surface area contributed by atoms with Crippen molar-refractivity contribution in [2.45, 2.75) is 70.8 Å². The number of carbonyl (C=O) groups excluding carboxylic acids is 3. The number of anilines is 2. The van der Waals surface area contributed by atoms with E-state index in [1.807, 2.05) is 18.2 Å². The van der Waals surface area contributed by atoms with Gasteiger partial charge in [-0.15, -0.1) is 0 Å². The van der Waals surface area contributed by atoms with Crippen LogP contribution >= 0.6 is 0 Å². The second-order valence-corrected chi connectivity index (χ2v) is 15.0. The normalized spacial score (nSPS) is 18.1. The van der Waals surface area contributed by atoms with E-state index in [0.717, 1.165) is 42.2 Å². The summed E-state index contributed by atoms with van der Waals surface area (Å²) in [6.45, 7) is 8.52. The predicted molar refractivity (Wildman–Crippen MR) is 200 cm³/mol. The van der Waals surface area contributed by atoms with Crippen molar-refractivity contribution in [1.82, 2.24) is 9.80 Å². The minimum Gasteiger partial charge on any atom is -0.444 e. The molecule has 2 aliphatic rings. The molecule has 0 bridgehead atoms. The van der Waals surface area contributed by atoms with E-state index >= 15 is 0 Å². The van der Waals surface area contributed by atoms with Crippen molar-refractivity contribution < 1.29 is 45.5 Å². The smallest absolute Gasteiger partial charge is 0.444 e. The van der Waals surface area contributed by atoms with E-state index in [1.165, 1.54) is 22.6 Å². The molecule has 2 heterocycles. The zero-order valence-electron chi connectivity index (χ0n) is 31.5. The molecule has 0 unspecified atom stereocenters. The Morgan fingerprint density at radius 2 is 1.09 bits per heavy atom. The van der Waals surface area contributed by atoms with Gasteiger partial charge in [-0.25, -0.2) is 4.79 Å². The van der Waals surface area contributed by atoms with Crippen molar-refractivity contribution in [1.29, 1.82) is 0 Å². The molecule has 2 fully saturated rings. The first-order valence-corrected chi connectivity index (χ1v) is 18.5. The van der Waals surface area contributed by atoms with Gasteiger partial charge in [0, 0.05) is 50.6 Å². The summed E-state index contributed by atoms with van der Waals surface area (Å²) in [6.07, 6.45) is -6.37. The topological polar surface area (TPSA) is 73.4 Å². The number of nitrogens with zero attached hydrogens (tertiary/aromatic N) is 4. The first kappa shape index (κ1) is 43.1. The maximum absolute atomic E-state index is 13.1. The van der Waals surface area contributed by atoms with Gasteiger partial charge in [0.15, 0.2) is 0 Å². The summed E-state index contributed by atoms with van der Waals surface area (Å²) in [5.74, 6) is -3.93. The second kappa shape index (κ2) is 19.3. The van der Waals surface area contributed by atoms with E-state index < -0.39 is 35.9 Å². The van der Waals surface area contributed by atoms with Crippen LogP contribution in [0.3, 0.4) is 0 Å². The average Bonchev–Trinajstić information content (AvgIpc) is 3.15. The van der Waals surface area contributed by atoms with E-state index in [1.54, 1.807) is 69.3 Å². The number of benzene rings is 3. The maximum Gasteiger partial charge on any atom is 0.471 e. The van der Waals surface area contributed by atoms with Crippen molar-refractivity contribution in [3.63, 3.8) is 0 Å². The number of alkyl halides is 6. The Morgan fingerprint density at radius 1 is 0.655 bits per heavy atom. The molecule has 0 N–H and O–H groups in total. The quantitative estimate of drug-likeness (QED) is 0.203. The number of hydrogen-bond acceptors (Lipinski definition) is 5. The fraction of sp³-hybridized carbons (Fsp3) is 0.488. The summed E-state index contributed by atoms with van der Waals surface area (Å²) < 4.78 is 83.9. The molecule has 8 nitrogen and oxygen atoms in total. The molecule has 55 heavy (non-hydrogen) atoms. The molecular formula is C41H50F6N4O4. The number of piperidine rings is 2. The van der Waals surface area contributed by atoms with Gasteiger partial charge in [-0.3, -0.25) is 9.59 Å². The van der Waals surface area contributed by atoms with Crippen LogP contribution in [0.25, 0.3) is 0 Å². The Bertz CT molecular complexity index is 1650. The van der Waals surface area contributed by atoms with Crippen LogP contribution in [0.2, 0.25) is 0 Å². The molecule has 3 aromatic rings. The largest absolute Gasteiger partial charge is 0.471 e. The van der Waals surface area contributed by atoms with Crippen LogP contribution in [-0.2, 0) is 20.7 Å². The van der Waals surface area contributed by atoms with Crippen LogP contribution in [0.4, 0.5) is 42.5 Å². The van der Waals surface area contributed by atoms with Crippen LogP contribution in [0, 0.1) is 11.8 Å². The minimum absolute atomic E-state index is 0.0241. The monoisotopic (exact) mass is 776 g/mol. The number of amides is 3. The summed E-state index contributed by atoms with van der Waals surface area (Å²) in [6, 6.07) is 26.1. The molecular weight excluding hydrogens is 726 g/mol. The van der Waals surface area contributed by atoms with Gasteiger partial charge in [0.25, 0.3) is 0 Å². The van der Waals surface area contributed by atoms with Crippen LogP contribution in [0.1, 0.15) is 52.0 Å². The molecule has 0 radical (unpaired) electrons. The average molecular weight is 777 g/mol. The number of ether oxygens (including phenoxy) is 1. The fourth-order valence-electron chi connectivity index (χ4n) is 6.79. The third-order valence-electron chi connectivity index (χ3n) is 9.33. The van der Waals surface area contributed by atoms with Crippen molar-refractivity contribution in [2.24, 2.45) is 11.8 Å². The van der Waals surface area contributed by atoms with E-state index in [0.29, 0.717) is 31.6 Å². The van der Waals surface area contributed by atoms with Crippen molar-refractivity contribution in [2.75, 3.05) is 55.6 Å². The van der Waals surface area contributed by atoms with E-state index in [9.17, 15) is 40.7 Å². The molecule has 5 rings (SSSR count). The minimum atomic E-state index is -4.96. The Balaban J connectivity index is 0.000000245. The van der Waals surface area contributed by atoms with Gasteiger partial charge in [-0.2, -0.15) is 26.3 Å². The number of rotatable bonds is 9. The lowest BCUT2D eigenvalue weighted by Crippen LogP contribution is -2.49. The van der Waals surface area contributed by atoms with Crippen molar-refractivity contribution in [3.05, 3.63) is 96.6 Å². The number of hydrogen-bond donors (Lipinski definition) is 0. The Morgan fingerprint density at radius 3 is 1.55 bits per heavy atom. The molecule has 0 saturated carbocycles.